The van der Waals surface area contributed by atoms with Crippen LogP contribution in [-0.2, 0) is 4.79 Å². The zero-order valence-corrected chi connectivity index (χ0v) is 11.4. The van der Waals surface area contributed by atoms with E-state index in [2.05, 4.69) is 24.1 Å². The van der Waals surface area contributed by atoms with Crippen LogP contribution in [0.1, 0.15) is 40.0 Å². The molecular weight excluding hydrogens is 214 g/mol. The highest BCUT2D eigenvalue weighted by molar-refractivity contribution is 5.78. The van der Waals surface area contributed by atoms with Crippen molar-refractivity contribution in [1.29, 1.82) is 0 Å². The first-order valence-electron chi connectivity index (χ1n) is 6.82. The number of hydrogen-bond donors (Lipinski definition) is 2. The molecule has 1 aliphatic heterocycles. The maximum absolute atomic E-state index is 11.9. The first-order chi connectivity index (χ1) is 8.08. The third kappa shape index (κ3) is 4.28. The summed E-state index contributed by atoms with van der Waals surface area (Å²) < 4.78 is 0. The predicted molar refractivity (Wildman–Crippen MR) is 70.7 cm³/mol. The Morgan fingerprint density at radius 1 is 1.59 bits per heavy atom. The molecule has 4 nitrogen and oxygen atoms in total. The van der Waals surface area contributed by atoms with Crippen molar-refractivity contribution in [3.8, 4) is 0 Å². The van der Waals surface area contributed by atoms with Gasteiger partial charge in [-0.2, -0.15) is 0 Å². The van der Waals surface area contributed by atoms with Gasteiger partial charge in [-0.3, -0.25) is 9.69 Å². The highest BCUT2D eigenvalue weighted by Gasteiger charge is 2.28. The summed E-state index contributed by atoms with van der Waals surface area (Å²) >= 11 is 0. The third-order valence-corrected chi connectivity index (χ3v) is 3.84. The summed E-state index contributed by atoms with van der Waals surface area (Å²) in [6.07, 6.45) is 3.38. The van der Waals surface area contributed by atoms with Crippen molar-refractivity contribution in [2.24, 2.45) is 11.7 Å². The van der Waals surface area contributed by atoms with Gasteiger partial charge in [-0.15, -0.1) is 0 Å². The number of carbonyl (C=O) groups is 1. The fourth-order valence-corrected chi connectivity index (χ4v) is 2.52. The highest BCUT2D eigenvalue weighted by Crippen LogP contribution is 2.21. The van der Waals surface area contributed by atoms with Gasteiger partial charge in [-0.25, -0.2) is 0 Å². The SMILES string of the molecule is CCC(C)NC(=O)CN1CCCC(C)C1CN. The zero-order valence-electron chi connectivity index (χ0n) is 11.4. The van der Waals surface area contributed by atoms with Crippen LogP contribution in [0.15, 0.2) is 0 Å². The molecule has 0 aliphatic carbocycles. The first-order valence-corrected chi connectivity index (χ1v) is 6.82. The topological polar surface area (TPSA) is 58.4 Å². The molecule has 1 heterocycles. The summed E-state index contributed by atoms with van der Waals surface area (Å²) in [6.45, 7) is 8.50. The molecule has 0 aromatic rings. The molecule has 1 amide bonds. The van der Waals surface area contributed by atoms with Gasteiger partial charge in [-0.1, -0.05) is 13.8 Å². The van der Waals surface area contributed by atoms with Gasteiger partial charge in [0.1, 0.15) is 0 Å². The number of amides is 1. The van der Waals surface area contributed by atoms with Crippen molar-refractivity contribution in [2.45, 2.75) is 52.1 Å². The normalized spacial score (nSPS) is 27.8. The molecule has 4 heteroatoms. The van der Waals surface area contributed by atoms with Gasteiger partial charge < -0.3 is 11.1 Å². The summed E-state index contributed by atoms with van der Waals surface area (Å²) in [7, 11) is 0. The summed E-state index contributed by atoms with van der Waals surface area (Å²) in [5.41, 5.74) is 5.81. The lowest BCUT2D eigenvalue weighted by Crippen LogP contribution is -2.52. The van der Waals surface area contributed by atoms with Crippen LogP contribution in [0.5, 0.6) is 0 Å². The third-order valence-electron chi connectivity index (χ3n) is 3.84. The molecule has 3 atom stereocenters. The summed E-state index contributed by atoms with van der Waals surface area (Å²) in [4.78, 5) is 14.1. The van der Waals surface area contributed by atoms with E-state index in [1.165, 1.54) is 12.8 Å². The lowest BCUT2D eigenvalue weighted by Gasteiger charge is -2.39. The van der Waals surface area contributed by atoms with Crippen molar-refractivity contribution in [1.82, 2.24) is 10.2 Å². The van der Waals surface area contributed by atoms with Crippen LogP contribution in [-0.4, -0.2) is 42.5 Å². The van der Waals surface area contributed by atoms with Gasteiger partial charge in [0.2, 0.25) is 5.91 Å². The number of nitrogens with two attached hydrogens (primary N) is 1. The largest absolute Gasteiger partial charge is 0.353 e. The second-order valence-corrected chi connectivity index (χ2v) is 5.27. The number of hydrogen-bond acceptors (Lipinski definition) is 3. The van der Waals surface area contributed by atoms with Gasteiger partial charge in [0.15, 0.2) is 0 Å². The number of likely N-dealkylation sites (tertiary alicyclic amines) is 1. The fraction of sp³-hybridized carbons (Fsp3) is 0.923. The molecule has 0 radical (unpaired) electrons. The van der Waals surface area contributed by atoms with E-state index in [4.69, 9.17) is 5.73 Å². The van der Waals surface area contributed by atoms with Gasteiger partial charge in [0.05, 0.1) is 6.54 Å². The molecule has 1 fully saturated rings. The molecule has 0 spiro atoms. The number of nitrogens with one attached hydrogen (secondary N) is 1. The van der Waals surface area contributed by atoms with Gasteiger partial charge in [-0.05, 0) is 38.6 Å². The molecule has 0 saturated carbocycles. The Labute approximate surface area is 105 Å². The van der Waals surface area contributed by atoms with Crippen molar-refractivity contribution in [3.05, 3.63) is 0 Å². The van der Waals surface area contributed by atoms with Crippen LogP contribution in [0.25, 0.3) is 0 Å². The maximum atomic E-state index is 11.9. The molecule has 3 N–H and O–H groups in total. The number of nitrogens with zero attached hydrogens (tertiary/aromatic N) is 1. The Bertz CT molecular complexity index is 245. The molecule has 17 heavy (non-hydrogen) atoms. The first kappa shape index (κ1) is 14.5. The molecule has 0 aromatic carbocycles. The van der Waals surface area contributed by atoms with E-state index in [9.17, 15) is 4.79 Å². The van der Waals surface area contributed by atoms with E-state index in [1.54, 1.807) is 0 Å². The Kier molecular flexibility index (Phi) is 5.92. The lowest BCUT2D eigenvalue weighted by molar-refractivity contribution is -0.124. The van der Waals surface area contributed by atoms with E-state index in [0.29, 0.717) is 25.0 Å². The molecule has 1 saturated heterocycles. The number of piperidine rings is 1. The Morgan fingerprint density at radius 3 is 2.88 bits per heavy atom. The van der Waals surface area contributed by atoms with E-state index in [0.717, 1.165) is 13.0 Å². The Balaban J connectivity index is 2.45. The second kappa shape index (κ2) is 6.97. The Morgan fingerprint density at radius 2 is 2.29 bits per heavy atom. The van der Waals surface area contributed by atoms with Crippen molar-refractivity contribution < 1.29 is 4.79 Å². The van der Waals surface area contributed by atoms with Crippen LogP contribution < -0.4 is 11.1 Å². The van der Waals surface area contributed by atoms with Gasteiger partial charge in [0.25, 0.3) is 0 Å². The van der Waals surface area contributed by atoms with E-state index in [-0.39, 0.29) is 11.9 Å². The zero-order chi connectivity index (χ0) is 12.8. The van der Waals surface area contributed by atoms with Crippen LogP contribution in [0, 0.1) is 5.92 Å². The van der Waals surface area contributed by atoms with E-state index < -0.39 is 0 Å². The average Bonchev–Trinajstić information content (AvgIpc) is 2.29. The smallest absolute Gasteiger partial charge is 0.234 e. The van der Waals surface area contributed by atoms with Crippen LogP contribution in [0.2, 0.25) is 0 Å². The monoisotopic (exact) mass is 241 g/mol. The van der Waals surface area contributed by atoms with Crippen LogP contribution >= 0.6 is 0 Å². The quantitative estimate of drug-likeness (QED) is 0.754. The molecule has 0 aromatic heterocycles. The molecular formula is C13H27N3O. The molecule has 3 unspecified atom stereocenters. The van der Waals surface area contributed by atoms with Crippen molar-refractivity contribution in [2.75, 3.05) is 19.6 Å². The lowest BCUT2D eigenvalue weighted by atomic mass is 9.91. The predicted octanol–water partition coefficient (Wildman–Crippen LogP) is 0.960. The Hall–Kier alpha value is -0.610. The number of carbonyl (C=O) groups excluding carboxylic acids is 1. The maximum Gasteiger partial charge on any atom is 0.234 e. The summed E-state index contributed by atoms with van der Waals surface area (Å²) in [5, 5.41) is 3.01. The van der Waals surface area contributed by atoms with Crippen LogP contribution in [0.4, 0.5) is 0 Å². The minimum atomic E-state index is 0.131. The summed E-state index contributed by atoms with van der Waals surface area (Å²) in [6, 6.07) is 0.632. The molecule has 100 valence electrons. The van der Waals surface area contributed by atoms with E-state index >= 15 is 0 Å². The minimum Gasteiger partial charge on any atom is -0.353 e. The van der Waals surface area contributed by atoms with Crippen LogP contribution in [0.3, 0.4) is 0 Å². The fourth-order valence-electron chi connectivity index (χ4n) is 2.52. The van der Waals surface area contributed by atoms with E-state index in [1.807, 2.05) is 6.92 Å². The van der Waals surface area contributed by atoms with Gasteiger partial charge in [0, 0.05) is 18.6 Å². The van der Waals surface area contributed by atoms with Crippen molar-refractivity contribution in [3.63, 3.8) is 0 Å². The molecule has 1 aliphatic rings. The molecule has 1 rings (SSSR count). The van der Waals surface area contributed by atoms with Crippen molar-refractivity contribution >= 4 is 5.91 Å². The minimum absolute atomic E-state index is 0.131. The molecule has 0 bridgehead atoms. The average molecular weight is 241 g/mol. The van der Waals surface area contributed by atoms with Gasteiger partial charge >= 0.3 is 0 Å². The standard InChI is InChI=1S/C13H27N3O/c1-4-11(3)15-13(17)9-16-7-5-6-10(2)12(16)8-14/h10-12H,4-9,14H2,1-3H3,(H,15,17). The second-order valence-electron chi connectivity index (χ2n) is 5.27. The highest BCUT2D eigenvalue weighted by atomic mass is 16.2. The number of rotatable bonds is 5. The summed E-state index contributed by atoms with van der Waals surface area (Å²) in [5.74, 6) is 0.733.